The average molecular weight is 379 g/mol. The van der Waals surface area contributed by atoms with Crippen molar-refractivity contribution in [2.24, 2.45) is 0 Å². The lowest BCUT2D eigenvalue weighted by Gasteiger charge is -2.09. The molecule has 2 aromatic heterocycles. The van der Waals surface area contributed by atoms with Gasteiger partial charge >= 0.3 is 0 Å². The number of thiazole rings is 1. The Labute approximate surface area is 159 Å². The number of anilines is 1. The molecule has 4 rings (SSSR count). The Morgan fingerprint density at radius 1 is 1.11 bits per heavy atom. The lowest BCUT2D eigenvalue weighted by molar-refractivity contribution is 0.102. The van der Waals surface area contributed by atoms with Crippen LogP contribution in [0.4, 0.5) is 5.69 Å². The molecule has 4 aromatic rings. The van der Waals surface area contributed by atoms with Crippen LogP contribution in [-0.4, -0.2) is 30.1 Å². The predicted octanol–water partition coefficient (Wildman–Crippen LogP) is 4.56. The molecular formula is C20H17N3O3S. The van der Waals surface area contributed by atoms with E-state index in [4.69, 9.17) is 9.47 Å². The van der Waals surface area contributed by atoms with Gasteiger partial charge in [-0.3, -0.25) is 4.79 Å². The van der Waals surface area contributed by atoms with Crippen LogP contribution < -0.4 is 14.8 Å². The third kappa shape index (κ3) is 3.24. The molecule has 0 bridgehead atoms. The monoisotopic (exact) mass is 379 g/mol. The summed E-state index contributed by atoms with van der Waals surface area (Å²) < 4.78 is 10.5. The standard InChI is InChI=1S/C20H17N3O3S/c1-25-17-8-7-12(9-18(17)26-2)22-19(24)16-11-27-20(23-16)14-10-21-15-6-4-3-5-13(14)15/h3-11,21H,1-2H3,(H,22,24). The summed E-state index contributed by atoms with van der Waals surface area (Å²) >= 11 is 1.44. The van der Waals surface area contributed by atoms with E-state index in [2.05, 4.69) is 15.3 Å². The SMILES string of the molecule is COc1ccc(NC(=O)c2csc(-c3c[nH]c4ccccc34)n2)cc1OC. The minimum Gasteiger partial charge on any atom is -0.493 e. The fourth-order valence-electron chi connectivity index (χ4n) is 2.86. The highest BCUT2D eigenvalue weighted by Gasteiger charge is 2.15. The zero-order valence-electron chi connectivity index (χ0n) is 14.8. The molecule has 0 atom stereocenters. The van der Waals surface area contributed by atoms with Crippen LogP contribution in [0.5, 0.6) is 11.5 Å². The number of nitrogens with one attached hydrogen (secondary N) is 2. The number of fused-ring (bicyclic) bond motifs is 1. The number of methoxy groups -OCH3 is 2. The Kier molecular flexibility index (Phi) is 4.52. The number of hydrogen-bond donors (Lipinski definition) is 2. The van der Waals surface area contributed by atoms with Gasteiger partial charge in [0.2, 0.25) is 0 Å². The number of amides is 1. The second-order valence-electron chi connectivity index (χ2n) is 5.81. The number of nitrogens with zero attached hydrogens (tertiary/aromatic N) is 1. The molecule has 136 valence electrons. The van der Waals surface area contributed by atoms with Crippen molar-refractivity contribution in [3.05, 3.63) is 59.7 Å². The second kappa shape index (κ2) is 7.13. The van der Waals surface area contributed by atoms with Gasteiger partial charge in [0.1, 0.15) is 10.7 Å². The molecule has 0 saturated carbocycles. The minimum absolute atomic E-state index is 0.274. The summed E-state index contributed by atoms with van der Waals surface area (Å²) in [7, 11) is 3.12. The summed E-state index contributed by atoms with van der Waals surface area (Å²) in [6, 6.07) is 13.2. The maximum atomic E-state index is 12.6. The number of benzene rings is 2. The molecule has 0 aliphatic carbocycles. The number of rotatable bonds is 5. The Balaban J connectivity index is 1.57. The number of carbonyl (C=O) groups is 1. The smallest absolute Gasteiger partial charge is 0.275 e. The molecule has 6 nitrogen and oxygen atoms in total. The van der Waals surface area contributed by atoms with Gasteiger partial charge in [-0.25, -0.2) is 4.98 Å². The van der Waals surface area contributed by atoms with E-state index in [9.17, 15) is 4.79 Å². The molecule has 27 heavy (non-hydrogen) atoms. The fraction of sp³-hybridized carbons (Fsp3) is 0.100. The van der Waals surface area contributed by atoms with Crippen LogP contribution in [-0.2, 0) is 0 Å². The van der Waals surface area contributed by atoms with Crippen LogP contribution in [0.15, 0.2) is 54.0 Å². The molecule has 2 N–H and O–H groups in total. The second-order valence-corrected chi connectivity index (χ2v) is 6.67. The van der Waals surface area contributed by atoms with Gasteiger partial charge < -0.3 is 19.8 Å². The van der Waals surface area contributed by atoms with E-state index in [1.807, 2.05) is 30.5 Å². The topological polar surface area (TPSA) is 76.2 Å². The van der Waals surface area contributed by atoms with Gasteiger partial charge in [-0.05, 0) is 18.2 Å². The molecule has 0 spiro atoms. The van der Waals surface area contributed by atoms with E-state index in [0.29, 0.717) is 22.9 Å². The minimum atomic E-state index is -0.274. The molecule has 0 saturated heterocycles. The van der Waals surface area contributed by atoms with Crippen molar-refractivity contribution >= 4 is 33.8 Å². The maximum absolute atomic E-state index is 12.6. The first-order chi connectivity index (χ1) is 13.2. The number of para-hydroxylation sites is 1. The first-order valence-corrected chi connectivity index (χ1v) is 9.13. The number of H-pyrrole nitrogens is 1. The van der Waals surface area contributed by atoms with Crippen LogP contribution in [0, 0.1) is 0 Å². The third-order valence-corrected chi connectivity index (χ3v) is 5.07. The summed E-state index contributed by atoms with van der Waals surface area (Å²) in [6.07, 6.45) is 1.92. The number of aromatic amines is 1. The van der Waals surface area contributed by atoms with E-state index in [1.54, 1.807) is 37.8 Å². The first kappa shape index (κ1) is 17.1. The number of hydrogen-bond acceptors (Lipinski definition) is 5. The molecule has 0 unspecified atom stereocenters. The Morgan fingerprint density at radius 3 is 2.74 bits per heavy atom. The lowest BCUT2D eigenvalue weighted by atomic mass is 10.2. The average Bonchev–Trinajstić information content (AvgIpc) is 3.34. The third-order valence-electron chi connectivity index (χ3n) is 4.20. The summed E-state index contributed by atoms with van der Waals surface area (Å²) in [5, 5.41) is 6.48. The van der Waals surface area contributed by atoms with Crippen LogP contribution >= 0.6 is 11.3 Å². The van der Waals surface area contributed by atoms with E-state index in [0.717, 1.165) is 21.5 Å². The van der Waals surface area contributed by atoms with Crippen molar-refractivity contribution in [2.45, 2.75) is 0 Å². The van der Waals surface area contributed by atoms with Crippen LogP contribution in [0.2, 0.25) is 0 Å². The van der Waals surface area contributed by atoms with Gasteiger partial charge in [-0.1, -0.05) is 18.2 Å². The summed E-state index contributed by atoms with van der Waals surface area (Å²) in [6.45, 7) is 0. The number of carbonyl (C=O) groups excluding carboxylic acids is 1. The van der Waals surface area contributed by atoms with Crippen molar-refractivity contribution in [3.63, 3.8) is 0 Å². The molecule has 7 heteroatoms. The highest BCUT2D eigenvalue weighted by molar-refractivity contribution is 7.13. The van der Waals surface area contributed by atoms with Gasteiger partial charge in [0.05, 0.1) is 14.2 Å². The van der Waals surface area contributed by atoms with Gasteiger partial charge in [0.15, 0.2) is 11.5 Å². The Hall–Kier alpha value is -3.32. The summed E-state index contributed by atoms with van der Waals surface area (Å²) in [4.78, 5) is 20.3. The molecule has 0 fully saturated rings. The van der Waals surface area contributed by atoms with Crippen molar-refractivity contribution in [2.75, 3.05) is 19.5 Å². The zero-order valence-corrected chi connectivity index (χ0v) is 15.6. The van der Waals surface area contributed by atoms with Crippen molar-refractivity contribution in [1.29, 1.82) is 0 Å². The van der Waals surface area contributed by atoms with Gasteiger partial charge in [0.25, 0.3) is 5.91 Å². The maximum Gasteiger partial charge on any atom is 0.275 e. The largest absolute Gasteiger partial charge is 0.493 e. The zero-order chi connectivity index (χ0) is 18.8. The van der Waals surface area contributed by atoms with Crippen molar-refractivity contribution < 1.29 is 14.3 Å². The Bertz CT molecular complexity index is 1120. The normalized spacial score (nSPS) is 10.7. The van der Waals surface area contributed by atoms with Crippen molar-refractivity contribution in [3.8, 4) is 22.1 Å². The highest BCUT2D eigenvalue weighted by Crippen LogP contribution is 2.32. The van der Waals surface area contributed by atoms with Gasteiger partial charge in [0, 0.05) is 39.8 Å². The van der Waals surface area contributed by atoms with Gasteiger partial charge in [-0.15, -0.1) is 11.3 Å². The van der Waals surface area contributed by atoms with Crippen LogP contribution in [0.25, 0.3) is 21.5 Å². The Morgan fingerprint density at radius 2 is 1.93 bits per heavy atom. The molecule has 1 amide bonds. The van der Waals surface area contributed by atoms with Crippen molar-refractivity contribution in [1.82, 2.24) is 9.97 Å². The van der Waals surface area contributed by atoms with E-state index < -0.39 is 0 Å². The summed E-state index contributed by atoms with van der Waals surface area (Å²) in [5.41, 5.74) is 3.01. The number of ether oxygens (including phenoxy) is 2. The van der Waals surface area contributed by atoms with Crippen LogP contribution in [0.1, 0.15) is 10.5 Å². The van der Waals surface area contributed by atoms with E-state index in [1.165, 1.54) is 11.3 Å². The highest BCUT2D eigenvalue weighted by atomic mass is 32.1. The predicted molar refractivity (Wildman–Crippen MR) is 107 cm³/mol. The lowest BCUT2D eigenvalue weighted by Crippen LogP contribution is -2.12. The van der Waals surface area contributed by atoms with Crippen LogP contribution in [0.3, 0.4) is 0 Å². The molecule has 0 aliphatic heterocycles. The quantitative estimate of drug-likeness (QED) is 0.533. The van der Waals surface area contributed by atoms with E-state index in [-0.39, 0.29) is 5.91 Å². The summed E-state index contributed by atoms with van der Waals surface area (Å²) in [5.74, 6) is 0.878. The van der Waals surface area contributed by atoms with Gasteiger partial charge in [-0.2, -0.15) is 0 Å². The molecular weight excluding hydrogens is 362 g/mol. The molecule has 2 aromatic carbocycles. The molecule has 0 aliphatic rings. The van der Waals surface area contributed by atoms with E-state index >= 15 is 0 Å². The molecule has 2 heterocycles. The number of aromatic nitrogens is 2. The fourth-order valence-corrected chi connectivity index (χ4v) is 3.69. The molecule has 0 radical (unpaired) electrons. The first-order valence-electron chi connectivity index (χ1n) is 8.25.